The van der Waals surface area contributed by atoms with E-state index in [9.17, 15) is 9.18 Å². The third-order valence-corrected chi connectivity index (χ3v) is 7.82. The first kappa shape index (κ1) is 29.7. The normalized spacial score (nSPS) is 15.0. The molecule has 0 spiro atoms. The quantitative estimate of drug-likeness (QED) is 0.261. The second kappa shape index (κ2) is 12.2. The first-order valence-electron chi connectivity index (χ1n) is 14.6. The Morgan fingerprint density at radius 2 is 1.76 bits per heavy atom. The fraction of sp³-hybridized carbons (Fsp3) is 0.424. The van der Waals surface area contributed by atoms with Crippen molar-refractivity contribution in [3.63, 3.8) is 0 Å². The van der Waals surface area contributed by atoms with Gasteiger partial charge in [0.25, 0.3) is 0 Å². The Kier molecular flexibility index (Phi) is 8.61. The number of benzene rings is 2. The molecule has 222 valence electrons. The van der Waals surface area contributed by atoms with Crippen molar-refractivity contribution in [1.29, 1.82) is 0 Å². The number of rotatable bonds is 9. The molecule has 5 rings (SSSR count). The zero-order valence-electron chi connectivity index (χ0n) is 25.4. The van der Waals surface area contributed by atoms with E-state index in [1.54, 1.807) is 18.3 Å². The standard InChI is InChI=1S/C33H41FN6O2/c1-22(2)40-15-13-39(14-16-40)21-25(41)17-24-18-27(11-12-35-24)42-26-8-10-31-30(20-26)37-32(38(31)6)36-23-7-9-29(34)28(19-23)33(3,4)5/h7-12,18-20,22H,13-17,21H2,1-6H3,(H,36,37). The van der Waals surface area contributed by atoms with Crippen molar-refractivity contribution in [3.05, 3.63) is 71.8 Å². The van der Waals surface area contributed by atoms with Crippen molar-refractivity contribution in [1.82, 2.24) is 24.3 Å². The van der Waals surface area contributed by atoms with Gasteiger partial charge < -0.3 is 14.6 Å². The van der Waals surface area contributed by atoms with E-state index in [1.165, 1.54) is 6.07 Å². The number of ketones is 1. The van der Waals surface area contributed by atoms with Crippen LogP contribution in [0.1, 0.15) is 45.9 Å². The summed E-state index contributed by atoms with van der Waals surface area (Å²) < 4.78 is 22.5. The molecule has 3 heterocycles. The van der Waals surface area contributed by atoms with Crippen molar-refractivity contribution in [2.45, 2.75) is 52.5 Å². The van der Waals surface area contributed by atoms with E-state index in [4.69, 9.17) is 9.72 Å². The molecule has 0 bridgehead atoms. The van der Waals surface area contributed by atoms with Gasteiger partial charge >= 0.3 is 0 Å². The summed E-state index contributed by atoms with van der Waals surface area (Å²) in [5.41, 5.74) is 3.48. The summed E-state index contributed by atoms with van der Waals surface area (Å²) in [5, 5.41) is 3.33. The number of halogens is 1. The number of nitrogens with zero attached hydrogens (tertiary/aromatic N) is 5. The summed E-state index contributed by atoms with van der Waals surface area (Å²) in [7, 11) is 1.93. The fourth-order valence-corrected chi connectivity index (χ4v) is 5.36. The largest absolute Gasteiger partial charge is 0.457 e. The van der Waals surface area contributed by atoms with E-state index in [0.717, 1.165) is 42.9 Å². The van der Waals surface area contributed by atoms with Crippen molar-refractivity contribution in [2.24, 2.45) is 7.05 Å². The summed E-state index contributed by atoms with van der Waals surface area (Å²) in [5.74, 6) is 1.83. The summed E-state index contributed by atoms with van der Waals surface area (Å²) in [6.45, 7) is 14.7. The number of pyridine rings is 1. The lowest BCUT2D eigenvalue weighted by molar-refractivity contribution is -0.120. The average Bonchev–Trinajstić information content (AvgIpc) is 3.23. The fourth-order valence-electron chi connectivity index (χ4n) is 5.36. The minimum absolute atomic E-state index is 0.156. The van der Waals surface area contributed by atoms with E-state index in [-0.39, 0.29) is 23.4 Å². The highest BCUT2D eigenvalue weighted by molar-refractivity contribution is 5.83. The Labute approximate surface area is 247 Å². The highest BCUT2D eigenvalue weighted by atomic mass is 19.1. The van der Waals surface area contributed by atoms with Gasteiger partial charge in [-0.15, -0.1) is 0 Å². The Bertz CT molecular complexity index is 1570. The Morgan fingerprint density at radius 3 is 2.48 bits per heavy atom. The van der Waals surface area contributed by atoms with Gasteiger partial charge in [-0.25, -0.2) is 9.37 Å². The molecule has 1 N–H and O–H groups in total. The van der Waals surface area contributed by atoms with Crippen LogP contribution in [0.4, 0.5) is 16.0 Å². The number of hydrogen-bond donors (Lipinski definition) is 1. The maximum absolute atomic E-state index is 14.4. The number of anilines is 2. The molecule has 9 heteroatoms. The monoisotopic (exact) mass is 572 g/mol. The number of Topliss-reactive ketones (excluding diaryl/α,β-unsaturated/α-hetero) is 1. The van der Waals surface area contributed by atoms with Crippen LogP contribution >= 0.6 is 0 Å². The molecular weight excluding hydrogens is 531 g/mol. The van der Waals surface area contributed by atoms with Crippen molar-refractivity contribution in [2.75, 3.05) is 38.0 Å². The summed E-state index contributed by atoms with van der Waals surface area (Å²) in [6.07, 6.45) is 1.95. The first-order chi connectivity index (χ1) is 20.0. The van der Waals surface area contributed by atoms with Crippen LogP contribution in [-0.2, 0) is 23.7 Å². The van der Waals surface area contributed by atoms with Crippen molar-refractivity contribution in [3.8, 4) is 11.5 Å². The molecule has 0 radical (unpaired) electrons. The van der Waals surface area contributed by atoms with Gasteiger partial charge in [0, 0.05) is 63.3 Å². The second-order valence-electron chi connectivity index (χ2n) is 12.4. The molecular formula is C33H41FN6O2. The topological polar surface area (TPSA) is 75.5 Å². The smallest absolute Gasteiger partial charge is 0.208 e. The molecule has 0 atom stereocenters. The molecule has 8 nitrogen and oxygen atoms in total. The van der Waals surface area contributed by atoms with Crippen LogP contribution in [0, 0.1) is 5.82 Å². The molecule has 2 aromatic carbocycles. The van der Waals surface area contributed by atoms with Crippen LogP contribution in [0.15, 0.2) is 54.7 Å². The van der Waals surface area contributed by atoms with Gasteiger partial charge in [-0.1, -0.05) is 20.8 Å². The number of ether oxygens (including phenoxy) is 1. The molecule has 0 aliphatic carbocycles. The molecule has 1 aliphatic rings. The molecule has 2 aromatic heterocycles. The van der Waals surface area contributed by atoms with Gasteiger partial charge in [0.15, 0.2) is 5.78 Å². The van der Waals surface area contributed by atoms with Crippen molar-refractivity contribution < 1.29 is 13.9 Å². The highest BCUT2D eigenvalue weighted by Gasteiger charge is 2.21. The van der Waals surface area contributed by atoms with Crippen LogP contribution in [0.5, 0.6) is 11.5 Å². The number of piperazine rings is 1. The minimum Gasteiger partial charge on any atom is -0.457 e. The number of fused-ring (bicyclic) bond motifs is 1. The molecule has 1 saturated heterocycles. The van der Waals surface area contributed by atoms with Gasteiger partial charge in [0.2, 0.25) is 5.95 Å². The number of carbonyl (C=O) groups is 1. The molecule has 4 aromatic rings. The Balaban J connectivity index is 1.24. The van der Waals surface area contributed by atoms with Crippen LogP contribution in [0.2, 0.25) is 0 Å². The van der Waals surface area contributed by atoms with E-state index in [0.29, 0.717) is 41.3 Å². The molecule has 0 amide bonds. The SMILES string of the molecule is CC(C)N1CCN(CC(=O)Cc2cc(Oc3ccc4c(c3)nc(Nc3ccc(F)c(C(C)(C)C)c3)n4C)ccn2)CC1. The molecule has 42 heavy (non-hydrogen) atoms. The Hall–Kier alpha value is -3.82. The zero-order valence-corrected chi connectivity index (χ0v) is 25.4. The summed E-state index contributed by atoms with van der Waals surface area (Å²) in [6, 6.07) is 14.9. The lowest BCUT2D eigenvalue weighted by Crippen LogP contribution is -2.50. The second-order valence-corrected chi connectivity index (χ2v) is 12.4. The Morgan fingerprint density at radius 1 is 1.02 bits per heavy atom. The first-order valence-corrected chi connectivity index (χ1v) is 14.6. The molecule has 1 fully saturated rings. The molecule has 1 aliphatic heterocycles. The predicted molar refractivity (Wildman–Crippen MR) is 165 cm³/mol. The molecule has 0 unspecified atom stereocenters. The van der Waals surface area contributed by atoms with Crippen LogP contribution in [-0.4, -0.2) is 68.9 Å². The summed E-state index contributed by atoms with van der Waals surface area (Å²) in [4.78, 5) is 26.6. The minimum atomic E-state index is -0.316. The summed E-state index contributed by atoms with van der Waals surface area (Å²) >= 11 is 0. The van der Waals surface area contributed by atoms with Crippen LogP contribution in [0.3, 0.4) is 0 Å². The van der Waals surface area contributed by atoms with E-state index >= 15 is 0 Å². The number of nitrogens with one attached hydrogen (secondary N) is 1. The van der Waals surface area contributed by atoms with Crippen molar-refractivity contribution >= 4 is 28.5 Å². The van der Waals surface area contributed by atoms with Crippen LogP contribution < -0.4 is 10.1 Å². The third-order valence-electron chi connectivity index (χ3n) is 7.82. The van der Waals surface area contributed by atoms with E-state index in [1.807, 2.05) is 62.7 Å². The predicted octanol–water partition coefficient (Wildman–Crippen LogP) is 6.08. The third kappa shape index (κ3) is 6.97. The number of aryl methyl sites for hydroxylation is 1. The number of imidazole rings is 1. The van der Waals surface area contributed by atoms with Gasteiger partial charge in [-0.3, -0.25) is 19.6 Å². The lowest BCUT2D eigenvalue weighted by atomic mass is 9.86. The number of carbonyl (C=O) groups excluding carboxylic acids is 1. The lowest BCUT2D eigenvalue weighted by Gasteiger charge is -2.36. The average molecular weight is 573 g/mol. The number of aromatic nitrogens is 3. The van der Waals surface area contributed by atoms with Gasteiger partial charge in [0.05, 0.1) is 29.7 Å². The number of hydrogen-bond acceptors (Lipinski definition) is 7. The van der Waals surface area contributed by atoms with Gasteiger partial charge in [0.1, 0.15) is 17.3 Å². The zero-order chi connectivity index (χ0) is 30.0. The van der Waals surface area contributed by atoms with Gasteiger partial charge in [-0.2, -0.15) is 0 Å². The van der Waals surface area contributed by atoms with Gasteiger partial charge in [-0.05, 0) is 61.2 Å². The maximum atomic E-state index is 14.4. The van der Waals surface area contributed by atoms with E-state index < -0.39 is 0 Å². The van der Waals surface area contributed by atoms with E-state index in [2.05, 4.69) is 33.9 Å². The van der Waals surface area contributed by atoms with Crippen LogP contribution in [0.25, 0.3) is 11.0 Å². The molecule has 0 saturated carbocycles. The maximum Gasteiger partial charge on any atom is 0.208 e. The highest BCUT2D eigenvalue weighted by Crippen LogP contribution is 2.31.